The van der Waals surface area contributed by atoms with E-state index in [1.807, 2.05) is 24.5 Å². The molecular formula is C11H14OS2. The minimum absolute atomic E-state index is 0.0937. The number of thioether (sulfide) groups is 1. The first-order chi connectivity index (χ1) is 6.77. The Morgan fingerprint density at radius 2 is 2.07 bits per heavy atom. The van der Waals surface area contributed by atoms with Crippen LogP contribution in [0.4, 0.5) is 0 Å². The van der Waals surface area contributed by atoms with E-state index in [1.54, 1.807) is 0 Å². The van der Waals surface area contributed by atoms with Gasteiger partial charge in [0.25, 0.3) is 0 Å². The van der Waals surface area contributed by atoms with Gasteiger partial charge in [-0.05, 0) is 30.5 Å². The molecule has 0 aliphatic rings. The second-order valence-electron chi connectivity index (χ2n) is 2.88. The number of ether oxygens (including phenoxy) is 1. The van der Waals surface area contributed by atoms with E-state index in [0.29, 0.717) is 4.38 Å². The van der Waals surface area contributed by atoms with Crippen LogP contribution in [0.15, 0.2) is 30.3 Å². The van der Waals surface area contributed by atoms with Crippen LogP contribution in [-0.2, 0) is 4.74 Å². The third-order valence-electron chi connectivity index (χ3n) is 1.95. The maximum Gasteiger partial charge on any atom is 0.220 e. The average molecular weight is 226 g/mol. The van der Waals surface area contributed by atoms with Crippen LogP contribution in [0.5, 0.6) is 0 Å². The number of hydrogen-bond acceptors (Lipinski definition) is 3. The van der Waals surface area contributed by atoms with Crippen LogP contribution in [0.2, 0.25) is 0 Å². The summed E-state index contributed by atoms with van der Waals surface area (Å²) in [6, 6.07) is 10.2. The van der Waals surface area contributed by atoms with E-state index in [0.717, 1.165) is 6.42 Å². The van der Waals surface area contributed by atoms with E-state index in [-0.39, 0.29) is 6.10 Å². The van der Waals surface area contributed by atoms with Crippen molar-refractivity contribution in [2.45, 2.75) is 19.4 Å². The van der Waals surface area contributed by atoms with Gasteiger partial charge in [0, 0.05) is 0 Å². The molecule has 76 valence electrons. The van der Waals surface area contributed by atoms with E-state index in [2.05, 4.69) is 19.1 Å². The largest absolute Gasteiger partial charge is 0.470 e. The smallest absolute Gasteiger partial charge is 0.220 e. The van der Waals surface area contributed by atoms with E-state index in [4.69, 9.17) is 17.0 Å². The Labute approximate surface area is 94.9 Å². The van der Waals surface area contributed by atoms with Gasteiger partial charge in [-0.1, -0.05) is 49.0 Å². The van der Waals surface area contributed by atoms with Gasteiger partial charge in [-0.2, -0.15) is 0 Å². The van der Waals surface area contributed by atoms with Gasteiger partial charge in [0.05, 0.1) is 0 Å². The van der Waals surface area contributed by atoms with Crippen LogP contribution in [0.25, 0.3) is 0 Å². The molecule has 1 aromatic carbocycles. The molecule has 0 heterocycles. The lowest BCUT2D eigenvalue weighted by molar-refractivity contribution is 0.200. The van der Waals surface area contributed by atoms with E-state index in [9.17, 15) is 0 Å². The molecule has 1 aromatic rings. The summed E-state index contributed by atoms with van der Waals surface area (Å²) in [5.74, 6) is 0. The van der Waals surface area contributed by atoms with Crippen molar-refractivity contribution >= 4 is 28.4 Å². The highest BCUT2D eigenvalue weighted by Gasteiger charge is 2.11. The summed E-state index contributed by atoms with van der Waals surface area (Å²) in [6.07, 6.45) is 2.96. The Balaban J connectivity index is 2.68. The number of hydrogen-bond donors (Lipinski definition) is 0. The summed E-state index contributed by atoms with van der Waals surface area (Å²) in [5.41, 5.74) is 1.19. The van der Waals surface area contributed by atoms with Crippen molar-refractivity contribution in [3.8, 4) is 0 Å². The molecule has 0 bridgehead atoms. The fraction of sp³-hybridized carbons (Fsp3) is 0.364. The SMILES string of the molecule is CCC(OC(=S)SC)c1ccccc1. The van der Waals surface area contributed by atoms with Gasteiger partial charge in [-0.15, -0.1) is 0 Å². The minimum atomic E-state index is 0.0937. The molecule has 0 saturated carbocycles. The molecule has 1 unspecified atom stereocenters. The van der Waals surface area contributed by atoms with Gasteiger partial charge in [0.1, 0.15) is 6.10 Å². The molecule has 1 atom stereocenters. The molecule has 0 N–H and O–H groups in total. The molecular weight excluding hydrogens is 212 g/mol. The Morgan fingerprint density at radius 3 is 2.57 bits per heavy atom. The first-order valence-corrected chi connectivity index (χ1v) is 6.20. The highest BCUT2D eigenvalue weighted by Crippen LogP contribution is 2.22. The summed E-state index contributed by atoms with van der Waals surface area (Å²) < 4.78 is 6.24. The lowest BCUT2D eigenvalue weighted by Crippen LogP contribution is -2.05. The zero-order valence-corrected chi connectivity index (χ0v) is 10.0. The predicted molar refractivity (Wildman–Crippen MR) is 66.7 cm³/mol. The van der Waals surface area contributed by atoms with Crippen molar-refractivity contribution in [2.75, 3.05) is 6.26 Å². The first-order valence-electron chi connectivity index (χ1n) is 4.57. The topological polar surface area (TPSA) is 9.23 Å². The van der Waals surface area contributed by atoms with Crippen molar-refractivity contribution in [1.29, 1.82) is 0 Å². The summed E-state index contributed by atoms with van der Waals surface area (Å²) in [4.78, 5) is 0. The second kappa shape index (κ2) is 6.04. The molecule has 0 radical (unpaired) electrons. The Bertz CT molecular complexity index is 285. The lowest BCUT2D eigenvalue weighted by atomic mass is 10.1. The predicted octanol–water partition coefficient (Wildman–Crippen LogP) is 3.80. The molecule has 0 fully saturated rings. The molecule has 0 spiro atoms. The molecule has 0 amide bonds. The monoisotopic (exact) mass is 226 g/mol. The Morgan fingerprint density at radius 1 is 1.43 bits per heavy atom. The van der Waals surface area contributed by atoms with Crippen LogP contribution in [-0.4, -0.2) is 10.6 Å². The summed E-state index contributed by atoms with van der Waals surface area (Å²) in [5, 5.41) is 0. The van der Waals surface area contributed by atoms with Crippen LogP contribution < -0.4 is 0 Å². The van der Waals surface area contributed by atoms with Crippen LogP contribution in [0, 0.1) is 0 Å². The van der Waals surface area contributed by atoms with Crippen LogP contribution >= 0.6 is 24.0 Å². The van der Waals surface area contributed by atoms with Crippen molar-refractivity contribution in [2.24, 2.45) is 0 Å². The second-order valence-corrected chi connectivity index (χ2v) is 4.29. The molecule has 1 nitrogen and oxygen atoms in total. The molecule has 0 aliphatic heterocycles. The number of thiocarbonyl (C=S) groups is 1. The number of benzene rings is 1. The quantitative estimate of drug-likeness (QED) is 0.725. The summed E-state index contributed by atoms with van der Waals surface area (Å²) in [6.45, 7) is 2.10. The third-order valence-corrected chi connectivity index (χ3v) is 2.97. The maximum absolute atomic E-state index is 5.63. The van der Waals surface area contributed by atoms with Gasteiger partial charge >= 0.3 is 0 Å². The standard InChI is InChI=1S/C11H14OS2/c1-3-10(12-11(13)14-2)9-7-5-4-6-8-9/h4-8,10H,3H2,1-2H3. The molecule has 0 aromatic heterocycles. The fourth-order valence-electron chi connectivity index (χ4n) is 1.22. The van der Waals surface area contributed by atoms with Crippen molar-refractivity contribution in [3.05, 3.63) is 35.9 Å². The van der Waals surface area contributed by atoms with Gasteiger partial charge in [-0.25, -0.2) is 0 Å². The number of rotatable bonds is 3. The molecule has 0 saturated heterocycles. The normalized spacial score (nSPS) is 12.1. The molecule has 3 heteroatoms. The molecule has 0 aliphatic carbocycles. The van der Waals surface area contributed by atoms with Crippen LogP contribution in [0.1, 0.15) is 25.0 Å². The van der Waals surface area contributed by atoms with Gasteiger partial charge in [-0.3, -0.25) is 0 Å². The van der Waals surface area contributed by atoms with Crippen molar-refractivity contribution < 1.29 is 4.74 Å². The Hall–Kier alpha value is -0.540. The van der Waals surface area contributed by atoms with E-state index in [1.165, 1.54) is 17.3 Å². The van der Waals surface area contributed by atoms with E-state index >= 15 is 0 Å². The van der Waals surface area contributed by atoms with Gasteiger partial charge in [0.2, 0.25) is 4.38 Å². The maximum atomic E-state index is 5.63. The molecule has 1 rings (SSSR count). The van der Waals surface area contributed by atoms with Gasteiger partial charge in [0.15, 0.2) is 0 Å². The van der Waals surface area contributed by atoms with Crippen LogP contribution in [0.3, 0.4) is 0 Å². The van der Waals surface area contributed by atoms with E-state index < -0.39 is 0 Å². The van der Waals surface area contributed by atoms with Crippen molar-refractivity contribution in [3.63, 3.8) is 0 Å². The third kappa shape index (κ3) is 3.31. The highest BCUT2D eigenvalue weighted by molar-refractivity contribution is 8.22. The highest BCUT2D eigenvalue weighted by atomic mass is 32.2. The summed E-state index contributed by atoms with van der Waals surface area (Å²) >= 11 is 6.51. The fourth-order valence-corrected chi connectivity index (χ4v) is 1.55. The first kappa shape index (κ1) is 11.5. The molecule has 14 heavy (non-hydrogen) atoms. The zero-order chi connectivity index (χ0) is 10.4. The van der Waals surface area contributed by atoms with Gasteiger partial charge < -0.3 is 4.74 Å². The lowest BCUT2D eigenvalue weighted by Gasteiger charge is -2.17. The Kier molecular flexibility index (Phi) is 4.98. The minimum Gasteiger partial charge on any atom is -0.470 e. The summed E-state index contributed by atoms with van der Waals surface area (Å²) in [7, 11) is 0. The zero-order valence-electron chi connectivity index (χ0n) is 8.40. The van der Waals surface area contributed by atoms with Crippen molar-refractivity contribution in [1.82, 2.24) is 0 Å². The average Bonchev–Trinajstić information content (AvgIpc) is 2.26.